The van der Waals surface area contributed by atoms with E-state index < -0.39 is 5.41 Å². The molecule has 0 radical (unpaired) electrons. The summed E-state index contributed by atoms with van der Waals surface area (Å²) in [6.45, 7) is 0. The maximum Gasteiger partial charge on any atom is 0.0713 e. The first-order valence-electron chi connectivity index (χ1n) is 21.4. The molecule has 1 heteroatoms. The van der Waals surface area contributed by atoms with Crippen molar-refractivity contribution in [1.82, 2.24) is 0 Å². The lowest BCUT2D eigenvalue weighted by Gasteiger charge is -2.34. The highest BCUT2D eigenvalue weighted by Gasteiger charge is 2.46. The van der Waals surface area contributed by atoms with Gasteiger partial charge in [0.2, 0.25) is 0 Å². The summed E-state index contributed by atoms with van der Waals surface area (Å²) < 4.78 is 0. The van der Waals surface area contributed by atoms with Crippen LogP contribution in [0.5, 0.6) is 0 Å². The highest BCUT2D eigenvalue weighted by molar-refractivity contribution is 6.02. The Morgan fingerprint density at radius 3 is 1.31 bits per heavy atom. The van der Waals surface area contributed by atoms with Crippen LogP contribution >= 0.6 is 0 Å². The quantitative estimate of drug-likeness (QED) is 0.141. The lowest BCUT2D eigenvalue weighted by molar-refractivity contribution is 0.768. The fourth-order valence-corrected chi connectivity index (χ4v) is 9.88. The van der Waals surface area contributed by atoms with Crippen LogP contribution in [0, 0.1) is 0 Å². The molecule has 0 spiro atoms. The van der Waals surface area contributed by atoms with Crippen molar-refractivity contribution in [1.29, 1.82) is 0 Å². The number of fused-ring (bicyclic) bond motifs is 3. The zero-order chi connectivity index (χ0) is 41.3. The number of hydrogen-bond donors (Lipinski definition) is 0. The molecule has 0 aliphatic heterocycles. The molecule has 11 rings (SSSR count). The Balaban J connectivity index is 1.20. The molecule has 0 amide bonds. The molecule has 1 aliphatic carbocycles. The van der Waals surface area contributed by atoms with Crippen LogP contribution in [-0.4, -0.2) is 0 Å². The zero-order valence-corrected chi connectivity index (χ0v) is 34.3. The van der Waals surface area contributed by atoms with Gasteiger partial charge in [-0.1, -0.05) is 231 Å². The second kappa shape index (κ2) is 15.9. The van der Waals surface area contributed by atoms with Crippen LogP contribution in [0.1, 0.15) is 22.3 Å². The Morgan fingerprint density at radius 2 is 0.694 bits per heavy atom. The van der Waals surface area contributed by atoms with Crippen molar-refractivity contribution >= 4 is 17.1 Å². The molecule has 0 heterocycles. The van der Waals surface area contributed by atoms with Gasteiger partial charge < -0.3 is 4.90 Å². The predicted octanol–water partition coefficient (Wildman–Crippen LogP) is 16.2. The summed E-state index contributed by atoms with van der Waals surface area (Å²) in [6, 6.07) is 95.3. The van der Waals surface area contributed by atoms with E-state index in [1.54, 1.807) is 0 Å². The van der Waals surface area contributed by atoms with Crippen molar-refractivity contribution in [2.24, 2.45) is 0 Å². The smallest absolute Gasteiger partial charge is 0.0713 e. The third-order valence-electron chi connectivity index (χ3n) is 12.6. The summed E-state index contributed by atoms with van der Waals surface area (Å²) in [6.07, 6.45) is 0. The van der Waals surface area contributed by atoms with Crippen molar-refractivity contribution in [3.05, 3.63) is 283 Å². The summed E-state index contributed by atoms with van der Waals surface area (Å²) in [5.41, 5.74) is 19.8. The molecule has 0 aromatic heterocycles. The Hall–Kier alpha value is -8.00. The van der Waals surface area contributed by atoms with E-state index in [9.17, 15) is 0 Å². The molecule has 292 valence electrons. The average molecular weight is 790 g/mol. The monoisotopic (exact) mass is 789 g/mol. The van der Waals surface area contributed by atoms with Gasteiger partial charge >= 0.3 is 0 Å². The average Bonchev–Trinajstić information content (AvgIpc) is 3.66. The minimum atomic E-state index is -0.484. The zero-order valence-electron chi connectivity index (χ0n) is 34.3. The topological polar surface area (TPSA) is 3.24 Å². The number of benzene rings is 10. The van der Waals surface area contributed by atoms with Crippen LogP contribution in [-0.2, 0) is 5.41 Å². The van der Waals surface area contributed by atoms with Crippen molar-refractivity contribution in [2.45, 2.75) is 5.41 Å². The lowest BCUT2D eigenvalue weighted by Crippen LogP contribution is -2.28. The Kier molecular flexibility index (Phi) is 9.48. The SMILES string of the molecule is c1ccc(-c2ccc(N(c3ccc4c(c3)-c3ccccc3C4(c3ccccc3)c3ccccc3)c3cccc(-c4ccccc4)c3-c3ccccc3-c3ccccc3)cc2)cc1. The maximum absolute atomic E-state index is 2.48. The van der Waals surface area contributed by atoms with Gasteiger partial charge in [0, 0.05) is 16.9 Å². The largest absolute Gasteiger partial charge is 0.310 e. The van der Waals surface area contributed by atoms with Crippen molar-refractivity contribution in [2.75, 3.05) is 4.90 Å². The van der Waals surface area contributed by atoms with Crippen LogP contribution in [0.25, 0.3) is 55.6 Å². The molecule has 0 bridgehead atoms. The minimum absolute atomic E-state index is 0.484. The van der Waals surface area contributed by atoms with E-state index in [0.717, 1.165) is 17.1 Å². The summed E-state index contributed by atoms with van der Waals surface area (Å²) in [7, 11) is 0. The van der Waals surface area contributed by atoms with Gasteiger partial charge in [0.25, 0.3) is 0 Å². The van der Waals surface area contributed by atoms with Crippen LogP contribution in [0.3, 0.4) is 0 Å². The Bertz CT molecular complexity index is 3100. The second-order valence-corrected chi connectivity index (χ2v) is 16.0. The maximum atomic E-state index is 2.48. The van der Waals surface area contributed by atoms with Crippen LogP contribution < -0.4 is 4.90 Å². The number of rotatable bonds is 9. The molecule has 1 nitrogen and oxygen atoms in total. The first kappa shape index (κ1) is 37.0. The molecule has 10 aromatic carbocycles. The summed E-state index contributed by atoms with van der Waals surface area (Å²) in [5, 5.41) is 0. The van der Waals surface area contributed by atoms with Gasteiger partial charge in [-0.2, -0.15) is 0 Å². The summed E-state index contributed by atoms with van der Waals surface area (Å²) in [5.74, 6) is 0. The fraction of sp³-hybridized carbons (Fsp3) is 0.0164. The first-order valence-corrected chi connectivity index (χ1v) is 21.4. The number of hydrogen-bond acceptors (Lipinski definition) is 1. The van der Waals surface area contributed by atoms with Gasteiger partial charge in [0.1, 0.15) is 0 Å². The molecule has 62 heavy (non-hydrogen) atoms. The van der Waals surface area contributed by atoms with E-state index in [0.29, 0.717) is 0 Å². The van der Waals surface area contributed by atoms with E-state index in [4.69, 9.17) is 0 Å². The molecule has 1 aliphatic rings. The lowest BCUT2D eigenvalue weighted by atomic mass is 9.68. The van der Waals surface area contributed by atoms with Gasteiger partial charge in [-0.25, -0.2) is 0 Å². The number of anilines is 3. The molecule has 10 aromatic rings. The van der Waals surface area contributed by atoms with E-state index in [-0.39, 0.29) is 0 Å². The van der Waals surface area contributed by atoms with E-state index >= 15 is 0 Å². The molecule has 0 saturated heterocycles. The molecule has 0 saturated carbocycles. The van der Waals surface area contributed by atoms with Crippen molar-refractivity contribution in [3.8, 4) is 55.6 Å². The third kappa shape index (κ3) is 6.26. The van der Waals surface area contributed by atoms with Gasteiger partial charge in [-0.05, 0) is 103 Å². The molecule has 0 unspecified atom stereocenters. The van der Waals surface area contributed by atoms with E-state index in [1.165, 1.54) is 77.9 Å². The second-order valence-electron chi connectivity index (χ2n) is 16.0. The first-order chi connectivity index (χ1) is 30.8. The van der Waals surface area contributed by atoms with Crippen molar-refractivity contribution < 1.29 is 0 Å². The molecule has 0 atom stereocenters. The molecule has 0 fully saturated rings. The number of nitrogens with zero attached hydrogens (tertiary/aromatic N) is 1. The van der Waals surface area contributed by atoms with Gasteiger partial charge in [0.15, 0.2) is 0 Å². The Morgan fingerprint density at radius 1 is 0.258 bits per heavy atom. The van der Waals surface area contributed by atoms with Crippen LogP contribution in [0.2, 0.25) is 0 Å². The molecular formula is C61H43N. The van der Waals surface area contributed by atoms with Gasteiger partial charge in [0.05, 0.1) is 11.1 Å². The highest BCUT2D eigenvalue weighted by Crippen LogP contribution is 2.57. The molecular weight excluding hydrogens is 747 g/mol. The Labute approximate surface area is 364 Å². The predicted molar refractivity (Wildman–Crippen MR) is 260 cm³/mol. The third-order valence-corrected chi connectivity index (χ3v) is 12.6. The van der Waals surface area contributed by atoms with Crippen LogP contribution in [0.4, 0.5) is 17.1 Å². The minimum Gasteiger partial charge on any atom is -0.310 e. The summed E-state index contributed by atoms with van der Waals surface area (Å²) in [4.78, 5) is 2.48. The normalized spacial score (nSPS) is 12.3. The fourth-order valence-electron chi connectivity index (χ4n) is 9.88. The molecule has 0 N–H and O–H groups in total. The van der Waals surface area contributed by atoms with Crippen molar-refractivity contribution in [3.63, 3.8) is 0 Å². The highest BCUT2D eigenvalue weighted by atomic mass is 15.1. The van der Waals surface area contributed by atoms with E-state index in [1.807, 2.05) is 0 Å². The van der Waals surface area contributed by atoms with E-state index in [2.05, 4.69) is 266 Å². The standard InChI is InChI=1S/C61H43N/c1-6-21-44(22-7-1)45-37-39-50(40-38-45)62(59-36-20-34-53(47-25-10-3-11-26-47)60(59)55-33-17-16-31-52(55)46-23-8-2-9-24-46)51-41-42-58-56(43-51)54-32-18-19-35-57(54)61(58,48-27-12-4-13-28-48)49-29-14-5-15-30-49/h1-43H. The van der Waals surface area contributed by atoms with Crippen LogP contribution in [0.15, 0.2) is 261 Å². The van der Waals surface area contributed by atoms with Gasteiger partial charge in [-0.15, -0.1) is 0 Å². The summed E-state index contributed by atoms with van der Waals surface area (Å²) >= 11 is 0. The van der Waals surface area contributed by atoms with Gasteiger partial charge in [-0.3, -0.25) is 0 Å².